The molecule has 172 valence electrons. The van der Waals surface area contributed by atoms with Crippen LogP contribution in [0.1, 0.15) is 16.8 Å². The first-order valence-electron chi connectivity index (χ1n) is 11.5. The Morgan fingerprint density at radius 3 is 2.23 bits per heavy atom. The molecule has 5 aromatic rings. The van der Waals surface area contributed by atoms with Crippen molar-refractivity contribution < 1.29 is 4.79 Å². The monoisotopic (exact) mass is 460 g/mol. The fraction of sp³-hybridized carbons (Fsp3) is 0.103. The summed E-state index contributed by atoms with van der Waals surface area (Å²) in [7, 11) is 0. The minimum Gasteiger partial charge on any atom is -0.350 e. The van der Waals surface area contributed by atoms with Gasteiger partial charge in [0.15, 0.2) is 0 Å². The van der Waals surface area contributed by atoms with Gasteiger partial charge in [0.2, 0.25) is 5.91 Å². The average Bonchev–Trinajstić information content (AvgIpc) is 2.91. The summed E-state index contributed by atoms with van der Waals surface area (Å²) in [5.74, 6) is -0.103. The number of hydrogen-bond donors (Lipinski definition) is 1. The molecular weight excluding hydrogens is 436 g/mol. The molecule has 5 rings (SSSR count). The Morgan fingerprint density at radius 2 is 1.49 bits per heavy atom. The van der Waals surface area contributed by atoms with Crippen molar-refractivity contribution in [3.63, 3.8) is 0 Å². The van der Waals surface area contributed by atoms with E-state index in [-0.39, 0.29) is 24.4 Å². The van der Waals surface area contributed by atoms with Crippen LogP contribution in [0.5, 0.6) is 0 Å². The van der Waals surface area contributed by atoms with Gasteiger partial charge in [0, 0.05) is 17.8 Å². The lowest BCUT2D eigenvalue weighted by Crippen LogP contribution is -2.29. The number of rotatable bonds is 7. The number of aromatic nitrogens is 3. The number of benzene rings is 3. The van der Waals surface area contributed by atoms with Crippen LogP contribution in [0.3, 0.4) is 0 Å². The van der Waals surface area contributed by atoms with Crippen molar-refractivity contribution in [2.75, 3.05) is 0 Å². The molecule has 0 spiro atoms. The second kappa shape index (κ2) is 10.1. The lowest BCUT2D eigenvalue weighted by Gasteiger charge is -2.12. The quantitative estimate of drug-likeness (QED) is 0.391. The molecule has 0 unspecified atom stereocenters. The SMILES string of the molecule is O=C(Cc1ccc(-c2ccccc2)cc1)NCc1nn(Cc2cccnc2)c(=O)c2ccccc12. The van der Waals surface area contributed by atoms with E-state index in [1.54, 1.807) is 18.5 Å². The highest BCUT2D eigenvalue weighted by molar-refractivity contribution is 5.84. The van der Waals surface area contributed by atoms with Gasteiger partial charge in [-0.2, -0.15) is 5.10 Å². The molecule has 1 N–H and O–H groups in total. The van der Waals surface area contributed by atoms with E-state index in [4.69, 9.17) is 0 Å². The fourth-order valence-corrected chi connectivity index (χ4v) is 4.08. The first-order valence-corrected chi connectivity index (χ1v) is 11.5. The summed E-state index contributed by atoms with van der Waals surface area (Å²) in [4.78, 5) is 29.8. The van der Waals surface area contributed by atoms with Crippen LogP contribution in [0.4, 0.5) is 0 Å². The summed E-state index contributed by atoms with van der Waals surface area (Å²) in [5.41, 5.74) is 4.55. The molecule has 35 heavy (non-hydrogen) atoms. The van der Waals surface area contributed by atoms with Crippen LogP contribution < -0.4 is 10.9 Å². The first-order chi connectivity index (χ1) is 17.2. The number of hydrogen-bond acceptors (Lipinski definition) is 4. The smallest absolute Gasteiger partial charge is 0.274 e. The van der Waals surface area contributed by atoms with Crippen molar-refractivity contribution in [2.24, 2.45) is 0 Å². The Morgan fingerprint density at radius 1 is 0.771 bits per heavy atom. The van der Waals surface area contributed by atoms with Gasteiger partial charge in [0.05, 0.1) is 30.6 Å². The Labute approximate surface area is 202 Å². The van der Waals surface area contributed by atoms with Gasteiger partial charge in [-0.3, -0.25) is 14.6 Å². The van der Waals surface area contributed by atoms with Crippen LogP contribution >= 0.6 is 0 Å². The number of carbonyl (C=O) groups excluding carboxylic acids is 1. The van der Waals surface area contributed by atoms with E-state index in [1.807, 2.05) is 72.8 Å². The molecule has 0 saturated carbocycles. The third-order valence-electron chi connectivity index (χ3n) is 5.88. The molecular formula is C29H24N4O2. The van der Waals surface area contributed by atoms with E-state index >= 15 is 0 Å². The Hall–Kier alpha value is -4.58. The third-order valence-corrected chi connectivity index (χ3v) is 5.88. The van der Waals surface area contributed by atoms with Gasteiger partial charge in [-0.15, -0.1) is 0 Å². The largest absolute Gasteiger partial charge is 0.350 e. The molecule has 0 fully saturated rings. The molecule has 0 aliphatic heterocycles. The molecule has 2 heterocycles. The van der Waals surface area contributed by atoms with Crippen molar-refractivity contribution in [2.45, 2.75) is 19.5 Å². The average molecular weight is 461 g/mol. The van der Waals surface area contributed by atoms with E-state index in [0.29, 0.717) is 17.6 Å². The number of carbonyl (C=O) groups is 1. The molecule has 0 radical (unpaired) electrons. The Balaban J connectivity index is 1.31. The summed E-state index contributed by atoms with van der Waals surface area (Å²) in [6.45, 7) is 0.543. The molecule has 0 aliphatic carbocycles. The molecule has 6 heteroatoms. The second-order valence-electron chi connectivity index (χ2n) is 8.33. The van der Waals surface area contributed by atoms with Crippen LogP contribution in [-0.2, 0) is 24.3 Å². The van der Waals surface area contributed by atoms with Gasteiger partial charge in [-0.25, -0.2) is 4.68 Å². The molecule has 3 aromatic carbocycles. The summed E-state index contributed by atoms with van der Waals surface area (Å²) < 4.78 is 1.43. The normalized spacial score (nSPS) is 10.9. The highest BCUT2D eigenvalue weighted by atomic mass is 16.1. The Kier molecular flexibility index (Phi) is 6.44. The zero-order valence-electron chi connectivity index (χ0n) is 19.1. The van der Waals surface area contributed by atoms with Gasteiger partial charge in [-0.1, -0.05) is 78.9 Å². The maximum Gasteiger partial charge on any atom is 0.274 e. The zero-order valence-corrected chi connectivity index (χ0v) is 19.1. The van der Waals surface area contributed by atoms with Crippen LogP contribution in [0.2, 0.25) is 0 Å². The van der Waals surface area contributed by atoms with Gasteiger partial charge in [0.1, 0.15) is 0 Å². The maximum atomic E-state index is 13.0. The van der Waals surface area contributed by atoms with Gasteiger partial charge < -0.3 is 5.32 Å². The number of pyridine rings is 1. The van der Waals surface area contributed by atoms with Crippen LogP contribution in [0.25, 0.3) is 21.9 Å². The minimum atomic E-state index is -0.168. The maximum absolute atomic E-state index is 13.0. The van der Waals surface area contributed by atoms with Gasteiger partial charge in [0.25, 0.3) is 5.56 Å². The number of nitrogens with one attached hydrogen (secondary N) is 1. The van der Waals surface area contributed by atoms with Crippen LogP contribution in [0, 0.1) is 0 Å². The molecule has 1 amide bonds. The molecule has 0 atom stereocenters. The highest BCUT2D eigenvalue weighted by Gasteiger charge is 2.12. The van der Waals surface area contributed by atoms with E-state index < -0.39 is 0 Å². The Bertz CT molecular complexity index is 1510. The van der Waals surface area contributed by atoms with Crippen LogP contribution in [0.15, 0.2) is 108 Å². The topological polar surface area (TPSA) is 76.9 Å². The number of amides is 1. The predicted octanol–water partition coefficient (Wildman–Crippen LogP) is 4.37. The summed E-state index contributed by atoms with van der Waals surface area (Å²) in [6, 6.07) is 29.2. The summed E-state index contributed by atoms with van der Waals surface area (Å²) in [6.07, 6.45) is 3.67. The lowest BCUT2D eigenvalue weighted by molar-refractivity contribution is -0.120. The predicted molar refractivity (Wildman–Crippen MR) is 137 cm³/mol. The van der Waals surface area contributed by atoms with Crippen LogP contribution in [-0.4, -0.2) is 20.7 Å². The molecule has 6 nitrogen and oxygen atoms in total. The second-order valence-corrected chi connectivity index (χ2v) is 8.33. The van der Waals surface area contributed by atoms with E-state index in [1.165, 1.54) is 4.68 Å². The van der Waals surface area contributed by atoms with E-state index in [9.17, 15) is 9.59 Å². The van der Waals surface area contributed by atoms with Crippen molar-refractivity contribution in [1.29, 1.82) is 0 Å². The molecule has 0 saturated heterocycles. The summed E-state index contributed by atoms with van der Waals surface area (Å²) in [5, 5.41) is 8.87. The first kappa shape index (κ1) is 22.2. The lowest BCUT2D eigenvalue weighted by atomic mass is 10.0. The van der Waals surface area contributed by atoms with E-state index in [2.05, 4.69) is 27.5 Å². The van der Waals surface area contributed by atoms with Crippen molar-refractivity contribution in [3.8, 4) is 11.1 Å². The number of fused-ring (bicyclic) bond motifs is 1. The molecule has 2 aromatic heterocycles. The fourth-order valence-electron chi connectivity index (χ4n) is 4.08. The summed E-state index contributed by atoms with van der Waals surface area (Å²) >= 11 is 0. The molecule has 0 aliphatic rings. The third kappa shape index (κ3) is 5.17. The van der Waals surface area contributed by atoms with Gasteiger partial charge >= 0.3 is 0 Å². The van der Waals surface area contributed by atoms with Crippen molar-refractivity contribution in [3.05, 3.63) is 131 Å². The van der Waals surface area contributed by atoms with E-state index in [0.717, 1.165) is 27.6 Å². The standard InChI is InChI=1S/C29H24N4O2/c34-28(17-21-12-14-24(15-13-21)23-8-2-1-3-9-23)31-19-27-25-10-4-5-11-26(25)29(35)33(32-27)20-22-7-6-16-30-18-22/h1-16,18H,17,19-20H2,(H,31,34). The van der Waals surface area contributed by atoms with Gasteiger partial charge in [-0.05, 0) is 34.4 Å². The number of nitrogens with zero attached hydrogens (tertiary/aromatic N) is 3. The zero-order chi connectivity index (χ0) is 24.0. The minimum absolute atomic E-state index is 0.103. The van der Waals surface area contributed by atoms with Crippen molar-refractivity contribution >= 4 is 16.7 Å². The molecule has 0 bridgehead atoms. The highest BCUT2D eigenvalue weighted by Crippen LogP contribution is 2.19. The van der Waals surface area contributed by atoms with Crippen molar-refractivity contribution in [1.82, 2.24) is 20.1 Å².